The lowest BCUT2D eigenvalue weighted by Gasteiger charge is -2.06. The summed E-state index contributed by atoms with van der Waals surface area (Å²) < 4.78 is 13.2. The third kappa shape index (κ3) is 2.84. The molecule has 5 N–H and O–H groups in total. The lowest BCUT2D eigenvalue weighted by Crippen LogP contribution is -2.12. The molecule has 0 aliphatic carbocycles. The second-order valence-electron chi connectivity index (χ2n) is 5.22. The number of amides is 1. The van der Waals surface area contributed by atoms with Crippen molar-refractivity contribution in [3.05, 3.63) is 45.0 Å². The zero-order valence-corrected chi connectivity index (χ0v) is 14.4. The van der Waals surface area contributed by atoms with Crippen LogP contribution in [0.1, 0.15) is 20.8 Å². The fraction of sp³-hybridized carbons (Fsp3) is 0.0625. The number of carbonyl (C=O) groups is 1. The number of anilines is 3. The number of hydrogen-bond acceptors (Lipinski definition) is 6. The highest BCUT2D eigenvalue weighted by atomic mass is 35.5. The molecule has 126 valence electrons. The molecule has 9 heteroatoms. The van der Waals surface area contributed by atoms with E-state index in [4.69, 9.17) is 23.1 Å². The molecular weight excluding hydrogens is 365 g/mol. The van der Waals surface area contributed by atoms with Crippen LogP contribution in [-0.4, -0.2) is 10.9 Å². The van der Waals surface area contributed by atoms with Crippen molar-refractivity contribution in [3.63, 3.8) is 0 Å². The van der Waals surface area contributed by atoms with E-state index in [2.05, 4.69) is 10.3 Å². The fourth-order valence-corrected chi connectivity index (χ4v) is 3.67. The van der Waals surface area contributed by atoms with Crippen LogP contribution in [0.5, 0.6) is 0 Å². The minimum Gasteiger partial charge on any atom is -0.397 e. The normalized spacial score (nSPS) is 10.6. The second kappa shape index (κ2) is 6.20. The van der Waals surface area contributed by atoms with Crippen LogP contribution in [0.4, 0.5) is 21.6 Å². The number of hydrogen-bond donors (Lipinski definition) is 3. The van der Waals surface area contributed by atoms with Crippen molar-refractivity contribution in [2.24, 2.45) is 0 Å². The molecule has 0 aliphatic rings. The molecule has 0 unspecified atom stereocenters. The second-order valence-corrected chi connectivity index (χ2v) is 6.62. The van der Waals surface area contributed by atoms with Crippen LogP contribution < -0.4 is 16.8 Å². The lowest BCUT2D eigenvalue weighted by atomic mass is 10.1. The number of rotatable bonds is 2. The van der Waals surface area contributed by atoms with Gasteiger partial charge in [-0.1, -0.05) is 11.6 Å². The molecule has 3 rings (SSSR count). The molecule has 3 aromatic rings. The summed E-state index contributed by atoms with van der Waals surface area (Å²) in [6.45, 7) is 1.70. The minimum atomic E-state index is -0.583. The van der Waals surface area contributed by atoms with Crippen molar-refractivity contribution < 1.29 is 9.18 Å². The monoisotopic (exact) mass is 375 g/mol. The van der Waals surface area contributed by atoms with Gasteiger partial charge in [0.15, 0.2) is 0 Å². The maximum Gasteiger partial charge on any atom is 0.267 e. The Bertz CT molecular complexity index is 1070. The SMILES string of the molecule is Cc1c(C#N)c(N)nc2sc(C(=O)Nc3ccc(F)c(Cl)c3)c(N)c12. The van der Waals surface area contributed by atoms with Crippen LogP contribution >= 0.6 is 22.9 Å². The van der Waals surface area contributed by atoms with Crippen LogP contribution in [-0.2, 0) is 0 Å². The van der Waals surface area contributed by atoms with Gasteiger partial charge in [-0.25, -0.2) is 9.37 Å². The number of nitrogens with zero attached hydrogens (tertiary/aromatic N) is 2. The van der Waals surface area contributed by atoms with E-state index in [1.807, 2.05) is 6.07 Å². The zero-order valence-electron chi connectivity index (χ0n) is 12.9. The highest BCUT2D eigenvalue weighted by Gasteiger charge is 2.21. The Labute approximate surface area is 150 Å². The highest BCUT2D eigenvalue weighted by molar-refractivity contribution is 7.21. The summed E-state index contributed by atoms with van der Waals surface area (Å²) in [5.41, 5.74) is 13.2. The van der Waals surface area contributed by atoms with Crippen LogP contribution in [0.15, 0.2) is 18.2 Å². The number of carbonyl (C=O) groups excluding carboxylic acids is 1. The molecule has 0 saturated heterocycles. The molecular formula is C16H11ClFN5OS. The number of fused-ring (bicyclic) bond motifs is 1. The van der Waals surface area contributed by atoms with Crippen molar-refractivity contribution in [1.29, 1.82) is 5.26 Å². The number of halogens is 2. The predicted molar refractivity (Wildman–Crippen MR) is 97.3 cm³/mol. The molecule has 0 saturated carbocycles. The molecule has 2 heterocycles. The molecule has 1 aromatic carbocycles. The van der Waals surface area contributed by atoms with Crippen LogP contribution in [0.25, 0.3) is 10.2 Å². The van der Waals surface area contributed by atoms with Gasteiger partial charge in [-0.05, 0) is 30.7 Å². The van der Waals surface area contributed by atoms with Crippen molar-refractivity contribution in [1.82, 2.24) is 4.98 Å². The van der Waals surface area contributed by atoms with E-state index < -0.39 is 11.7 Å². The summed E-state index contributed by atoms with van der Waals surface area (Å²) >= 11 is 6.77. The Morgan fingerprint density at radius 2 is 2.16 bits per heavy atom. The number of pyridine rings is 1. The number of benzene rings is 1. The van der Waals surface area contributed by atoms with Gasteiger partial charge in [0, 0.05) is 11.1 Å². The van der Waals surface area contributed by atoms with Crippen LogP contribution in [0.2, 0.25) is 5.02 Å². The molecule has 0 aliphatic heterocycles. The van der Waals surface area contributed by atoms with Gasteiger partial charge < -0.3 is 16.8 Å². The standard InChI is InChI=1S/C16H11ClFN5OS/c1-6-8(5-19)14(21)23-16-11(6)12(20)13(25-16)15(24)22-7-2-3-10(18)9(17)4-7/h2-4H,20H2,1H3,(H2,21,23)(H,22,24). The van der Waals surface area contributed by atoms with Crippen LogP contribution in [0.3, 0.4) is 0 Å². The summed E-state index contributed by atoms with van der Waals surface area (Å²) in [6.07, 6.45) is 0. The average molecular weight is 376 g/mol. The Hall–Kier alpha value is -2.89. The lowest BCUT2D eigenvalue weighted by molar-refractivity contribution is 0.103. The maximum absolute atomic E-state index is 13.2. The number of nitrogens with two attached hydrogens (primary N) is 2. The molecule has 1 amide bonds. The number of nitrogen functional groups attached to an aromatic ring is 2. The number of nitriles is 1. The first-order valence-electron chi connectivity index (χ1n) is 6.98. The highest BCUT2D eigenvalue weighted by Crippen LogP contribution is 2.37. The Balaban J connectivity index is 2.05. The summed E-state index contributed by atoms with van der Waals surface area (Å²) in [7, 11) is 0. The van der Waals surface area contributed by atoms with E-state index in [9.17, 15) is 14.4 Å². The van der Waals surface area contributed by atoms with E-state index in [0.29, 0.717) is 21.5 Å². The summed E-state index contributed by atoms with van der Waals surface area (Å²) in [5, 5.41) is 12.2. The number of nitrogens with one attached hydrogen (secondary N) is 1. The molecule has 0 atom stereocenters. The van der Waals surface area contributed by atoms with Gasteiger partial charge in [-0.15, -0.1) is 11.3 Å². The molecule has 2 aromatic heterocycles. The molecule has 25 heavy (non-hydrogen) atoms. The third-order valence-electron chi connectivity index (χ3n) is 3.65. The first kappa shape index (κ1) is 17.0. The van der Waals surface area contributed by atoms with Gasteiger partial charge >= 0.3 is 0 Å². The van der Waals surface area contributed by atoms with Gasteiger partial charge in [0.2, 0.25) is 0 Å². The zero-order chi connectivity index (χ0) is 18.3. The van der Waals surface area contributed by atoms with E-state index >= 15 is 0 Å². The summed E-state index contributed by atoms with van der Waals surface area (Å²) in [6, 6.07) is 5.82. The van der Waals surface area contributed by atoms with E-state index in [-0.39, 0.29) is 27.0 Å². The van der Waals surface area contributed by atoms with Crippen molar-refractivity contribution in [2.75, 3.05) is 16.8 Å². The summed E-state index contributed by atoms with van der Waals surface area (Å²) in [5.74, 6) is -0.981. The van der Waals surface area contributed by atoms with E-state index in [1.54, 1.807) is 6.92 Å². The van der Waals surface area contributed by atoms with Crippen LogP contribution in [0, 0.1) is 24.1 Å². The Morgan fingerprint density at radius 1 is 1.44 bits per heavy atom. The van der Waals surface area contributed by atoms with Crippen molar-refractivity contribution in [2.45, 2.75) is 6.92 Å². The number of thiophene rings is 1. The Kier molecular flexibility index (Phi) is 4.20. The minimum absolute atomic E-state index is 0.0889. The van der Waals surface area contributed by atoms with Crippen molar-refractivity contribution in [3.8, 4) is 6.07 Å². The molecule has 0 radical (unpaired) electrons. The van der Waals surface area contributed by atoms with Gasteiger partial charge in [0.1, 0.15) is 27.4 Å². The molecule has 0 spiro atoms. The third-order valence-corrected chi connectivity index (χ3v) is 5.04. The quantitative estimate of drug-likeness (QED) is 0.631. The average Bonchev–Trinajstić information content (AvgIpc) is 2.88. The first-order valence-corrected chi connectivity index (χ1v) is 8.17. The molecule has 6 nitrogen and oxygen atoms in total. The van der Waals surface area contributed by atoms with Gasteiger partial charge in [0.05, 0.1) is 16.3 Å². The van der Waals surface area contributed by atoms with Gasteiger partial charge in [-0.3, -0.25) is 4.79 Å². The summed E-state index contributed by atoms with van der Waals surface area (Å²) in [4.78, 5) is 17.3. The maximum atomic E-state index is 13.2. The van der Waals surface area contributed by atoms with Gasteiger partial charge in [-0.2, -0.15) is 5.26 Å². The number of aryl methyl sites for hydroxylation is 1. The molecule has 0 bridgehead atoms. The largest absolute Gasteiger partial charge is 0.397 e. The number of aromatic nitrogens is 1. The Morgan fingerprint density at radius 3 is 2.80 bits per heavy atom. The topological polar surface area (TPSA) is 118 Å². The van der Waals surface area contributed by atoms with E-state index in [0.717, 1.165) is 17.4 Å². The van der Waals surface area contributed by atoms with Crippen molar-refractivity contribution >= 4 is 56.3 Å². The first-order chi connectivity index (χ1) is 11.8. The van der Waals surface area contributed by atoms with E-state index in [1.165, 1.54) is 12.1 Å². The van der Waals surface area contributed by atoms with Gasteiger partial charge in [0.25, 0.3) is 5.91 Å². The predicted octanol–water partition coefficient (Wildman–Crippen LogP) is 3.69. The smallest absolute Gasteiger partial charge is 0.267 e. The fourth-order valence-electron chi connectivity index (χ4n) is 2.43. The molecule has 0 fully saturated rings.